The first-order chi connectivity index (χ1) is 10.7. The molecule has 0 spiro atoms. The smallest absolute Gasteiger partial charge is 0.336 e. The maximum atomic E-state index is 12.3. The van der Waals surface area contributed by atoms with Crippen molar-refractivity contribution in [1.29, 1.82) is 0 Å². The third-order valence-electron chi connectivity index (χ3n) is 4.22. The maximum Gasteiger partial charge on any atom is 0.336 e. The lowest BCUT2D eigenvalue weighted by Gasteiger charge is -2.17. The van der Waals surface area contributed by atoms with Crippen LogP contribution in [0, 0.1) is 13.8 Å². The van der Waals surface area contributed by atoms with Crippen LogP contribution < -0.4 is 10.9 Å². The fourth-order valence-corrected chi connectivity index (χ4v) is 2.75. The number of urea groups is 1. The summed E-state index contributed by atoms with van der Waals surface area (Å²) in [6.07, 6.45) is 0. The minimum absolute atomic E-state index is 0.0404. The van der Waals surface area contributed by atoms with Gasteiger partial charge in [-0.25, -0.2) is 9.59 Å². The first kappa shape index (κ1) is 15.3. The molecule has 6 nitrogen and oxygen atoms in total. The van der Waals surface area contributed by atoms with Crippen LogP contribution >= 0.6 is 0 Å². The summed E-state index contributed by atoms with van der Waals surface area (Å²) < 4.78 is 5.24. The number of hydrogen-bond donors (Lipinski definition) is 1. The summed E-state index contributed by atoms with van der Waals surface area (Å²) in [6.45, 7) is 7.23. The highest BCUT2D eigenvalue weighted by atomic mass is 16.4. The van der Waals surface area contributed by atoms with Crippen molar-refractivity contribution in [1.82, 2.24) is 10.2 Å². The van der Waals surface area contributed by atoms with Gasteiger partial charge >= 0.3 is 11.7 Å². The van der Waals surface area contributed by atoms with Crippen molar-refractivity contribution >= 4 is 22.9 Å². The van der Waals surface area contributed by atoms with E-state index in [4.69, 9.17) is 4.42 Å². The van der Waals surface area contributed by atoms with E-state index < -0.39 is 17.2 Å². The molecule has 23 heavy (non-hydrogen) atoms. The molecule has 120 valence electrons. The standard InChI is InChI=1S/C17H18N2O4/c1-9-5-12-11(7-14(20)23-13(12)6-10(9)2)8-19-15(21)17(3,4)18-16(19)22/h5-7H,8H2,1-4H3,(H,18,22). The Kier molecular flexibility index (Phi) is 3.28. The molecule has 0 radical (unpaired) electrons. The quantitative estimate of drug-likeness (QED) is 0.681. The number of fused-ring (bicyclic) bond motifs is 1. The van der Waals surface area contributed by atoms with Crippen molar-refractivity contribution < 1.29 is 14.0 Å². The van der Waals surface area contributed by atoms with E-state index in [1.54, 1.807) is 19.9 Å². The first-order valence-corrected chi connectivity index (χ1v) is 7.37. The van der Waals surface area contributed by atoms with Crippen molar-refractivity contribution in [3.8, 4) is 0 Å². The number of hydrogen-bond acceptors (Lipinski definition) is 4. The number of rotatable bonds is 2. The average molecular weight is 314 g/mol. The van der Waals surface area contributed by atoms with Crippen molar-refractivity contribution in [2.75, 3.05) is 0 Å². The molecule has 0 atom stereocenters. The van der Waals surface area contributed by atoms with E-state index in [0.29, 0.717) is 11.1 Å². The van der Waals surface area contributed by atoms with Gasteiger partial charge in [0.25, 0.3) is 5.91 Å². The van der Waals surface area contributed by atoms with Gasteiger partial charge in [-0.2, -0.15) is 0 Å². The van der Waals surface area contributed by atoms with Crippen molar-refractivity contribution in [2.24, 2.45) is 0 Å². The molecular weight excluding hydrogens is 296 g/mol. The summed E-state index contributed by atoms with van der Waals surface area (Å²) in [5.74, 6) is -0.312. The highest BCUT2D eigenvalue weighted by Gasteiger charge is 2.44. The lowest BCUT2D eigenvalue weighted by Crippen LogP contribution is -2.40. The summed E-state index contributed by atoms with van der Waals surface area (Å²) in [5, 5.41) is 3.37. The Morgan fingerprint density at radius 3 is 2.35 bits per heavy atom. The molecule has 0 saturated carbocycles. The number of aryl methyl sites for hydroxylation is 2. The van der Waals surface area contributed by atoms with Gasteiger partial charge in [0.05, 0.1) is 6.54 Å². The average Bonchev–Trinajstić information content (AvgIpc) is 2.63. The zero-order chi connectivity index (χ0) is 16.9. The van der Waals surface area contributed by atoms with E-state index in [2.05, 4.69) is 5.32 Å². The Morgan fingerprint density at radius 1 is 1.09 bits per heavy atom. The Bertz CT molecular complexity index is 895. The second kappa shape index (κ2) is 4.94. The molecular formula is C17H18N2O4. The van der Waals surface area contributed by atoms with Gasteiger partial charge in [-0.1, -0.05) is 0 Å². The molecule has 1 aliphatic heterocycles. The van der Waals surface area contributed by atoms with Crippen LogP contribution in [0.2, 0.25) is 0 Å². The lowest BCUT2D eigenvalue weighted by atomic mass is 10.0. The summed E-state index contributed by atoms with van der Waals surface area (Å²) in [5.41, 5.74) is 1.68. The molecule has 0 aliphatic carbocycles. The van der Waals surface area contributed by atoms with Gasteiger partial charge in [0.1, 0.15) is 11.1 Å². The Labute approximate surface area is 133 Å². The fraction of sp³-hybridized carbons (Fsp3) is 0.353. The largest absolute Gasteiger partial charge is 0.423 e. The summed E-state index contributed by atoms with van der Waals surface area (Å²) >= 11 is 0. The molecule has 1 aliphatic rings. The van der Waals surface area contributed by atoms with Gasteiger partial charge in [-0.3, -0.25) is 9.69 Å². The number of carbonyl (C=O) groups is 2. The van der Waals surface area contributed by atoms with E-state index in [1.165, 1.54) is 6.07 Å². The number of amides is 3. The maximum absolute atomic E-state index is 12.3. The van der Waals surface area contributed by atoms with E-state index >= 15 is 0 Å². The van der Waals surface area contributed by atoms with Crippen molar-refractivity contribution in [3.63, 3.8) is 0 Å². The molecule has 0 unspecified atom stereocenters. The highest BCUT2D eigenvalue weighted by molar-refractivity contribution is 6.06. The molecule has 6 heteroatoms. The Balaban J connectivity index is 2.10. The predicted octanol–water partition coefficient (Wildman–Crippen LogP) is 2.24. The molecule has 1 saturated heterocycles. The van der Waals surface area contributed by atoms with Crippen molar-refractivity contribution in [2.45, 2.75) is 39.8 Å². The van der Waals surface area contributed by atoms with Gasteiger partial charge in [0.2, 0.25) is 0 Å². The summed E-state index contributed by atoms with van der Waals surface area (Å²) in [4.78, 5) is 37.3. The normalized spacial score (nSPS) is 17.0. The van der Waals surface area contributed by atoms with Crippen LogP contribution in [0.15, 0.2) is 27.4 Å². The second-order valence-corrected chi connectivity index (χ2v) is 6.47. The van der Waals surface area contributed by atoms with Crippen LogP contribution in [0.5, 0.6) is 0 Å². The molecule has 3 amide bonds. The van der Waals surface area contributed by atoms with E-state index in [0.717, 1.165) is 21.4 Å². The lowest BCUT2D eigenvalue weighted by molar-refractivity contribution is -0.130. The molecule has 1 N–H and O–H groups in total. The zero-order valence-electron chi connectivity index (χ0n) is 13.5. The number of imide groups is 1. The number of carbonyl (C=O) groups excluding carboxylic acids is 2. The third-order valence-corrected chi connectivity index (χ3v) is 4.22. The van der Waals surface area contributed by atoms with E-state index in [9.17, 15) is 14.4 Å². The molecule has 1 fully saturated rings. The van der Waals surface area contributed by atoms with Gasteiger partial charge in [-0.05, 0) is 56.5 Å². The monoisotopic (exact) mass is 314 g/mol. The van der Waals surface area contributed by atoms with Crippen LogP contribution in [0.1, 0.15) is 30.5 Å². The highest BCUT2D eigenvalue weighted by Crippen LogP contribution is 2.25. The summed E-state index contributed by atoms with van der Waals surface area (Å²) in [6, 6.07) is 4.59. The number of nitrogens with one attached hydrogen (secondary N) is 1. The zero-order valence-corrected chi connectivity index (χ0v) is 13.5. The molecule has 2 heterocycles. The van der Waals surface area contributed by atoms with Gasteiger partial charge in [0, 0.05) is 11.5 Å². The molecule has 1 aromatic carbocycles. The number of benzene rings is 1. The Hall–Kier alpha value is -2.63. The second-order valence-electron chi connectivity index (χ2n) is 6.47. The number of nitrogens with zero attached hydrogens (tertiary/aromatic N) is 1. The minimum atomic E-state index is -0.932. The van der Waals surface area contributed by atoms with Crippen LogP contribution in [-0.4, -0.2) is 22.4 Å². The SMILES string of the molecule is Cc1cc2oc(=O)cc(CN3C(=O)NC(C)(C)C3=O)c2cc1C. The van der Waals surface area contributed by atoms with Crippen LogP contribution in [0.4, 0.5) is 4.79 Å². The molecule has 2 aromatic rings. The van der Waals surface area contributed by atoms with E-state index in [1.807, 2.05) is 19.9 Å². The van der Waals surface area contributed by atoms with Crippen LogP contribution in [-0.2, 0) is 11.3 Å². The summed E-state index contributed by atoms with van der Waals surface area (Å²) in [7, 11) is 0. The molecule has 0 bridgehead atoms. The van der Waals surface area contributed by atoms with Crippen molar-refractivity contribution in [3.05, 3.63) is 45.3 Å². The van der Waals surface area contributed by atoms with E-state index in [-0.39, 0.29) is 12.5 Å². The first-order valence-electron chi connectivity index (χ1n) is 7.37. The third kappa shape index (κ3) is 2.50. The minimum Gasteiger partial charge on any atom is -0.423 e. The topological polar surface area (TPSA) is 79.6 Å². The van der Waals surface area contributed by atoms with Gasteiger partial charge in [0.15, 0.2) is 0 Å². The predicted molar refractivity (Wildman–Crippen MR) is 85.1 cm³/mol. The molecule has 1 aromatic heterocycles. The van der Waals surface area contributed by atoms with Gasteiger partial charge in [-0.15, -0.1) is 0 Å². The van der Waals surface area contributed by atoms with Gasteiger partial charge < -0.3 is 9.73 Å². The molecule has 3 rings (SSSR count). The fourth-order valence-electron chi connectivity index (χ4n) is 2.75. The van der Waals surface area contributed by atoms with Crippen LogP contribution in [0.3, 0.4) is 0 Å². The Morgan fingerprint density at radius 2 is 1.74 bits per heavy atom. The van der Waals surface area contributed by atoms with Crippen LogP contribution in [0.25, 0.3) is 11.0 Å².